The van der Waals surface area contributed by atoms with Gasteiger partial charge in [0, 0.05) is 75.7 Å². The molecule has 1 aliphatic rings. The lowest BCUT2D eigenvalue weighted by Crippen LogP contribution is -2.49. The molecule has 132 valence electrons. The Hall–Kier alpha value is -2.74. The van der Waals surface area contributed by atoms with Crippen LogP contribution in [0.25, 0.3) is 10.8 Å². The zero-order chi connectivity index (χ0) is 17.8. The topological polar surface area (TPSA) is 91.6 Å². The lowest BCUT2D eigenvalue weighted by molar-refractivity contribution is -0.383. The number of benzene rings is 1. The van der Waals surface area contributed by atoms with Crippen LogP contribution < -0.4 is 5.32 Å². The maximum atomic E-state index is 11.3. The van der Waals surface area contributed by atoms with Gasteiger partial charge in [0.05, 0.1) is 10.3 Å². The largest absolute Gasteiger partial charge is 0.383 e. The second-order valence-electron chi connectivity index (χ2n) is 6.09. The van der Waals surface area contributed by atoms with Crippen molar-refractivity contribution in [1.82, 2.24) is 14.8 Å². The Balaban J connectivity index is 1.62. The summed E-state index contributed by atoms with van der Waals surface area (Å²) in [6, 6.07) is 5.04. The van der Waals surface area contributed by atoms with Gasteiger partial charge < -0.3 is 10.2 Å². The molecule has 2 aromatic rings. The third kappa shape index (κ3) is 3.85. The van der Waals surface area contributed by atoms with Crippen LogP contribution in [0, 0.1) is 10.1 Å². The first-order valence-corrected chi connectivity index (χ1v) is 8.29. The monoisotopic (exact) mass is 343 g/mol. The van der Waals surface area contributed by atoms with Gasteiger partial charge in [-0.25, -0.2) is 0 Å². The number of rotatable bonds is 5. The van der Waals surface area contributed by atoms with Crippen molar-refractivity contribution in [3.8, 4) is 0 Å². The molecular weight excluding hydrogens is 322 g/mol. The number of piperazine rings is 1. The van der Waals surface area contributed by atoms with Crippen molar-refractivity contribution < 1.29 is 9.72 Å². The first-order chi connectivity index (χ1) is 12.1. The van der Waals surface area contributed by atoms with Crippen LogP contribution in [0.1, 0.15) is 6.92 Å². The van der Waals surface area contributed by atoms with Crippen LogP contribution in [0.3, 0.4) is 0 Å². The predicted octanol–water partition coefficient (Wildman–Crippen LogP) is 1.72. The second kappa shape index (κ2) is 7.43. The highest BCUT2D eigenvalue weighted by molar-refractivity contribution is 5.99. The van der Waals surface area contributed by atoms with E-state index in [1.807, 2.05) is 4.90 Å². The van der Waals surface area contributed by atoms with Gasteiger partial charge in [0.15, 0.2) is 0 Å². The Labute approximate surface area is 145 Å². The smallest absolute Gasteiger partial charge is 0.278 e. The van der Waals surface area contributed by atoms with E-state index >= 15 is 0 Å². The SMILES string of the molecule is CC(=O)N1CCN(CCNc2ccc([N+](=O)[O-])c3cnccc23)CC1. The van der Waals surface area contributed by atoms with E-state index in [2.05, 4.69) is 15.2 Å². The fraction of sp³-hybridized carbons (Fsp3) is 0.412. The number of nitro benzene ring substituents is 1. The van der Waals surface area contributed by atoms with Gasteiger partial charge in [-0.1, -0.05) is 0 Å². The van der Waals surface area contributed by atoms with Gasteiger partial charge in [0.2, 0.25) is 5.91 Å². The molecule has 3 rings (SSSR count). The molecule has 0 unspecified atom stereocenters. The number of hydrogen-bond acceptors (Lipinski definition) is 6. The molecule has 2 heterocycles. The summed E-state index contributed by atoms with van der Waals surface area (Å²) < 4.78 is 0. The molecule has 1 fully saturated rings. The molecule has 1 aliphatic heterocycles. The molecule has 8 nitrogen and oxygen atoms in total. The highest BCUT2D eigenvalue weighted by Crippen LogP contribution is 2.30. The quantitative estimate of drug-likeness (QED) is 0.656. The Morgan fingerprint density at radius 1 is 1.24 bits per heavy atom. The second-order valence-corrected chi connectivity index (χ2v) is 6.09. The van der Waals surface area contributed by atoms with Gasteiger partial charge in [-0.2, -0.15) is 0 Å². The molecule has 1 aromatic heterocycles. The Kier molecular flexibility index (Phi) is 5.08. The van der Waals surface area contributed by atoms with Crippen LogP contribution >= 0.6 is 0 Å². The van der Waals surface area contributed by atoms with Crippen molar-refractivity contribution >= 4 is 28.1 Å². The Bertz CT molecular complexity index is 787. The number of hydrogen-bond donors (Lipinski definition) is 1. The minimum absolute atomic E-state index is 0.0639. The Morgan fingerprint density at radius 2 is 2.00 bits per heavy atom. The van der Waals surface area contributed by atoms with Crippen LogP contribution in [0.15, 0.2) is 30.6 Å². The number of pyridine rings is 1. The summed E-state index contributed by atoms with van der Waals surface area (Å²) in [6.07, 6.45) is 3.16. The van der Waals surface area contributed by atoms with Gasteiger partial charge in [-0.15, -0.1) is 0 Å². The van der Waals surface area contributed by atoms with Gasteiger partial charge in [0.25, 0.3) is 5.69 Å². The summed E-state index contributed by atoms with van der Waals surface area (Å²) in [4.78, 5) is 30.3. The molecule has 0 atom stereocenters. The van der Waals surface area contributed by atoms with Crippen LogP contribution in [-0.2, 0) is 4.79 Å². The number of carbonyl (C=O) groups excluding carboxylic acids is 1. The van der Waals surface area contributed by atoms with E-state index in [0.717, 1.165) is 50.3 Å². The highest BCUT2D eigenvalue weighted by Gasteiger charge is 2.18. The Morgan fingerprint density at radius 3 is 2.68 bits per heavy atom. The first-order valence-electron chi connectivity index (χ1n) is 8.29. The number of non-ortho nitro benzene ring substituents is 1. The van der Waals surface area contributed by atoms with Gasteiger partial charge in [-0.3, -0.25) is 24.8 Å². The third-order valence-electron chi connectivity index (χ3n) is 4.55. The van der Waals surface area contributed by atoms with E-state index in [0.29, 0.717) is 5.39 Å². The fourth-order valence-electron chi connectivity index (χ4n) is 3.12. The number of amides is 1. The van der Waals surface area contributed by atoms with Crippen molar-refractivity contribution in [2.75, 3.05) is 44.6 Å². The molecular formula is C17H21N5O3. The summed E-state index contributed by atoms with van der Waals surface area (Å²) in [5, 5.41) is 15.8. The van der Waals surface area contributed by atoms with Crippen LogP contribution in [-0.4, -0.2) is 64.9 Å². The molecule has 0 bridgehead atoms. The maximum Gasteiger partial charge on any atom is 0.278 e. The van der Waals surface area contributed by atoms with E-state index < -0.39 is 0 Å². The average molecular weight is 343 g/mol. The van der Waals surface area contributed by atoms with Crippen molar-refractivity contribution in [3.63, 3.8) is 0 Å². The zero-order valence-corrected chi connectivity index (χ0v) is 14.1. The third-order valence-corrected chi connectivity index (χ3v) is 4.55. The molecule has 0 aliphatic carbocycles. The average Bonchev–Trinajstić information content (AvgIpc) is 2.62. The van der Waals surface area contributed by atoms with Crippen molar-refractivity contribution in [3.05, 3.63) is 40.7 Å². The molecule has 8 heteroatoms. The maximum absolute atomic E-state index is 11.3. The minimum atomic E-state index is -0.387. The van der Waals surface area contributed by atoms with Crippen molar-refractivity contribution in [2.24, 2.45) is 0 Å². The molecule has 1 N–H and O–H groups in total. The molecule has 1 aromatic carbocycles. The molecule has 25 heavy (non-hydrogen) atoms. The number of fused-ring (bicyclic) bond motifs is 1. The van der Waals surface area contributed by atoms with E-state index in [1.54, 1.807) is 25.3 Å². The number of nitro groups is 1. The van der Waals surface area contributed by atoms with Crippen molar-refractivity contribution in [2.45, 2.75) is 6.92 Å². The molecule has 1 amide bonds. The van der Waals surface area contributed by atoms with Crippen LogP contribution in [0.4, 0.5) is 11.4 Å². The van der Waals surface area contributed by atoms with E-state index in [9.17, 15) is 14.9 Å². The van der Waals surface area contributed by atoms with E-state index in [4.69, 9.17) is 0 Å². The predicted molar refractivity (Wildman–Crippen MR) is 95.6 cm³/mol. The summed E-state index contributed by atoms with van der Waals surface area (Å²) >= 11 is 0. The molecule has 1 saturated heterocycles. The van der Waals surface area contributed by atoms with Crippen molar-refractivity contribution in [1.29, 1.82) is 0 Å². The van der Waals surface area contributed by atoms with Crippen LogP contribution in [0.5, 0.6) is 0 Å². The normalized spacial score (nSPS) is 15.3. The standard InChI is InChI=1S/C17H21N5O3/c1-13(23)21-10-8-20(9-11-21)7-6-19-16-2-3-17(22(24)25)15-12-18-5-4-14(15)16/h2-5,12,19H,6-11H2,1H3. The summed E-state index contributed by atoms with van der Waals surface area (Å²) in [6.45, 7) is 6.46. The zero-order valence-electron chi connectivity index (χ0n) is 14.1. The number of carbonyl (C=O) groups is 1. The number of nitrogens with one attached hydrogen (secondary N) is 1. The molecule has 0 radical (unpaired) electrons. The lowest BCUT2D eigenvalue weighted by atomic mass is 10.1. The highest BCUT2D eigenvalue weighted by atomic mass is 16.6. The number of anilines is 1. The van der Waals surface area contributed by atoms with Gasteiger partial charge in [0.1, 0.15) is 0 Å². The minimum Gasteiger partial charge on any atom is -0.383 e. The van der Waals surface area contributed by atoms with Gasteiger partial charge in [-0.05, 0) is 12.1 Å². The van der Waals surface area contributed by atoms with Gasteiger partial charge >= 0.3 is 0 Å². The van der Waals surface area contributed by atoms with E-state index in [1.165, 1.54) is 12.3 Å². The van der Waals surface area contributed by atoms with E-state index in [-0.39, 0.29) is 16.5 Å². The summed E-state index contributed by atoms with van der Waals surface area (Å²) in [7, 11) is 0. The number of aromatic nitrogens is 1. The number of nitrogens with zero attached hydrogens (tertiary/aromatic N) is 4. The molecule has 0 saturated carbocycles. The molecule has 0 spiro atoms. The summed E-state index contributed by atoms with van der Waals surface area (Å²) in [5.41, 5.74) is 0.930. The summed E-state index contributed by atoms with van der Waals surface area (Å²) in [5.74, 6) is 0.128. The lowest BCUT2D eigenvalue weighted by Gasteiger charge is -2.34. The fourth-order valence-corrected chi connectivity index (χ4v) is 3.12. The first kappa shape index (κ1) is 17.1. The van der Waals surface area contributed by atoms with Crippen LogP contribution in [0.2, 0.25) is 0 Å².